The summed E-state index contributed by atoms with van der Waals surface area (Å²) in [5, 5.41) is 10.3. The van der Waals surface area contributed by atoms with E-state index < -0.39 is 18.1 Å². The van der Waals surface area contributed by atoms with Crippen LogP contribution in [-0.2, 0) is 0 Å². The highest BCUT2D eigenvalue weighted by Gasteiger charge is 2.30. The van der Waals surface area contributed by atoms with Crippen molar-refractivity contribution in [2.45, 2.75) is 44.0 Å². The molecular weight excluding hydrogens is 404 g/mol. The second-order valence-corrected chi connectivity index (χ2v) is 8.15. The molecule has 2 aliphatic rings. The largest absolute Gasteiger partial charge is 0.462 e. The zero-order valence-electron chi connectivity index (χ0n) is 16.2. The van der Waals surface area contributed by atoms with E-state index in [-0.39, 0.29) is 29.3 Å². The van der Waals surface area contributed by atoms with Crippen molar-refractivity contribution in [3.8, 4) is 6.01 Å². The van der Waals surface area contributed by atoms with E-state index in [1.54, 1.807) is 0 Å². The average Bonchev–Trinajstić information content (AvgIpc) is 2.87. The highest BCUT2D eigenvalue weighted by molar-refractivity contribution is 6.30. The van der Waals surface area contributed by atoms with Crippen LogP contribution in [0.1, 0.15) is 25.7 Å². The van der Waals surface area contributed by atoms with Gasteiger partial charge in [-0.3, -0.25) is 4.90 Å². The van der Waals surface area contributed by atoms with Gasteiger partial charge in [0.2, 0.25) is 0 Å². The Bertz CT molecular complexity index is 889. The van der Waals surface area contributed by atoms with Crippen LogP contribution in [0.5, 0.6) is 6.01 Å². The number of halogens is 3. The minimum absolute atomic E-state index is 0.00288. The number of rotatable bonds is 4. The normalized spacial score (nSPS) is 26.1. The second kappa shape index (κ2) is 8.49. The van der Waals surface area contributed by atoms with Crippen LogP contribution in [0.4, 0.5) is 14.6 Å². The Morgan fingerprint density at radius 2 is 2.14 bits per heavy atom. The standard InChI is InChI=1S/C19H24ClF2N5O2/c1-26-8-11(21)6-12(26)10-29-19-24-16-14(7-23-17(20)15(16)22)18(25-19)27-5-3-2-4-13(28)9-27/h7,11-13,28H,2-6,8-10H2,1H3/t11-,12+,13-/m1/s1. The van der Waals surface area contributed by atoms with Crippen LogP contribution in [-0.4, -0.2) is 76.6 Å². The first-order valence-electron chi connectivity index (χ1n) is 9.84. The summed E-state index contributed by atoms with van der Waals surface area (Å²) in [5.41, 5.74) is 0.0203. The fourth-order valence-corrected chi connectivity index (χ4v) is 4.13. The van der Waals surface area contributed by atoms with Crippen LogP contribution in [0.3, 0.4) is 0 Å². The zero-order valence-corrected chi connectivity index (χ0v) is 16.9. The number of ether oxygens (including phenoxy) is 1. The number of hydrogen-bond donors (Lipinski definition) is 1. The summed E-state index contributed by atoms with van der Waals surface area (Å²) in [5.74, 6) is -0.285. The number of aliphatic hydroxyl groups excluding tert-OH is 1. The van der Waals surface area contributed by atoms with Gasteiger partial charge in [-0.1, -0.05) is 11.6 Å². The predicted molar refractivity (Wildman–Crippen MR) is 106 cm³/mol. The maximum atomic E-state index is 14.7. The lowest BCUT2D eigenvalue weighted by Crippen LogP contribution is -2.32. The SMILES string of the molecule is CN1C[C@H](F)C[C@H]1COc1nc(N2CCCC[C@@H](O)C2)c2cnc(Cl)c(F)c2n1. The lowest BCUT2D eigenvalue weighted by molar-refractivity contribution is 0.173. The van der Waals surface area contributed by atoms with E-state index in [1.807, 2.05) is 16.8 Å². The molecule has 2 aromatic rings. The van der Waals surface area contributed by atoms with E-state index in [9.17, 15) is 13.9 Å². The summed E-state index contributed by atoms with van der Waals surface area (Å²) in [6.45, 7) is 1.61. The lowest BCUT2D eigenvalue weighted by Gasteiger charge is -2.25. The number of fused-ring (bicyclic) bond motifs is 1. The van der Waals surface area contributed by atoms with E-state index in [0.717, 1.165) is 12.8 Å². The molecule has 2 saturated heterocycles. The van der Waals surface area contributed by atoms with Gasteiger partial charge < -0.3 is 14.7 Å². The minimum atomic E-state index is -0.886. The van der Waals surface area contributed by atoms with Crippen molar-refractivity contribution in [2.75, 3.05) is 38.2 Å². The predicted octanol–water partition coefficient (Wildman–Crippen LogP) is 2.59. The number of pyridine rings is 1. The molecule has 2 aromatic heterocycles. The minimum Gasteiger partial charge on any atom is -0.462 e. The number of nitrogens with zero attached hydrogens (tertiary/aromatic N) is 5. The Kier molecular flexibility index (Phi) is 5.98. The van der Waals surface area contributed by atoms with Gasteiger partial charge in [0.15, 0.2) is 11.0 Å². The molecule has 4 rings (SSSR count). The van der Waals surface area contributed by atoms with Crippen LogP contribution in [0, 0.1) is 5.82 Å². The molecule has 0 bridgehead atoms. The molecule has 29 heavy (non-hydrogen) atoms. The van der Waals surface area contributed by atoms with Gasteiger partial charge in [-0.2, -0.15) is 9.97 Å². The molecule has 7 nitrogen and oxygen atoms in total. The Morgan fingerprint density at radius 1 is 1.31 bits per heavy atom. The molecular formula is C19H24ClF2N5O2. The van der Waals surface area contributed by atoms with Crippen molar-refractivity contribution < 1.29 is 18.6 Å². The molecule has 10 heteroatoms. The molecule has 0 aliphatic carbocycles. The van der Waals surface area contributed by atoms with Gasteiger partial charge in [-0.15, -0.1) is 0 Å². The molecule has 4 heterocycles. The fraction of sp³-hybridized carbons (Fsp3) is 0.632. The van der Waals surface area contributed by atoms with Crippen molar-refractivity contribution in [1.82, 2.24) is 19.9 Å². The van der Waals surface area contributed by atoms with E-state index in [1.165, 1.54) is 6.20 Å². The summed E-state index contributed by atoms with van der Waals surface area (Å²) in [4.78, 5) is 16.4. The first-order chi connectivity index (χ1) is 13.9. The third-order valence-electron chi connectivity index (χ3n) is 5.59. The van der Waals surface area contributed by atoms with E-state index in [0.29, 0.717) is 43.7 Å². The summed E-state index contributed by atoms with van der Waals surface area (Å²) >= 11 is 5.85. The van der Waals surface area contributed by atoms with E-state index >= 15 is 0 Å². The van der Waals surface area contributed by atoms with Gasteiger partial charge in [0, 0.05) is 31.9 Å². The van der Waals surface area contributed by atoms with Crippen LogP contribution in [0.2, 0.25) is 5.15 Å². The zero-order chi connectivity index (χ0) is 20.5. The van der Waals surface area contributed by atoms with Crippen molar-refractivity contribution in [3.05, 3.63) is 17.2 Å². The second-order valence-electron chi connectivity index (χ2n) is 7.79. The molecule has 0 saturated carbocycles. The van der Waals surface area contributed by atoms with Gasteiger partial charge in [0.25, 0.3) is 0 Å². The molecule has 0 amide bonds. The molecule has 0 radical (unpaired) electrons. The van der Waals surface area contributed by atoms with Gasteiger partial charge in [-0.05, 0) is 32.7 Å². The van der Waals surface area contributed by atoms with Crippen LogP contribution < -0.4 is 9.64 Å². The quantitative estimate of drug-likeness (QED) is 0.751. The fourth-order valence-electron chi connectivity index (χ4n) is 3.99. The van der Waals surface area contributed by atoms with E-state index in [4.69, 9.17) is 16.3 Å². The van der Waals surface area contributed by atoms with Gasteiger partial charge >= 0.3 is 6.01 Å². The molecule has 0 unspecified atom stereocenters. The summed E-state index contributed by atoms with van der Waals surface area (Å²) in [6.07, 6.45) is 2.93. The molecule has 0 aromatic carbocycles. The number of anilines is 1. The van der Waals surface area contributed by atoms with Crippen LogP contribution in [0.25, 0.3) is 10.9 Å². The number of aromatic nitrogens is 3. The van der Waals surface area contributed by atoms with Crippen molar-refractivity contribution >= 4 is 28.3 Å². The summed E-state index contributed by atoms with van der Waals surface area (Å²) in [7, 11) is 1.84. The lowest BCUT2D eigenvalue weighted by atomic mass is 10.2. The Labute approximate surface area is 172 Å². The number of aliphatic hydroxyl groups is 1. The molecule has 3 atom stereocenters. The molecule has 2 aliphatic heterocycles. The van der Waals surface area contributed by atoms with E-state index in [2.05, 4.69) is 15.0 Å². The summed E-state index contributed by atoms with van der Waals surface area (Å²) in [6, 6.07) is -0.0956. The first-order valence-corrected chi connectivity index (χ1v) is 10.2. The Balaban J connectivity index is 1.68. The first kappa shape index (κ1) is 20.4. The maximum absolute atomic E-state index is 14.7. The monoisotopic (exact) mass is 427 g/mol. The number of β-amino-alcohol motifs (C(OH)–C–C–N with tert-alkyl or cyclic N) is 1. The van der Waals surface area contributed by atoms with Crippen molar-refractivity contribution in [2.24, 2.45) is 0 Å². The van der Waals surface area contributed by atoms with Crippen LogP contribution >= 0.6 is 11.6 Å². The topological polar surface area (TPSA) is 74.6 Å². The smallest absolute Gasteiger partial charge is 0.319 e. The average molecular weight is 428 g/mol. The molecule has 158 valence electrons. The number of likely N-dealkylation sites (tertiary alicyclic amines) is 1. The highest BCUT2D eigenvalue weighted by Crippen LogP contribution is 2.31. The van der Waals surface area contributed by atoms with Crippen LogP contribution in [0.15, 0.2) is 6.20 Å². The van der Waals surface area contributed by atoms with Gasteiger partial charge in [-0.25, -0.2) is 13.8 Å². The highest BCUT2D eigenvalue weighted by atomic mass is 35.5. The maximum Gasteiger partial charge on any atom is 0.319 e. The molecule has 1 N–H and O–H groups in total. The van der Waals surface area contributed by atoms with Crippen molar-refractivity contribution in [1.29, 1.82) is 0 Å². The number of alkyl halides is 1. The number of likely N-dealkylation sites (N-methyl/N-ethyl adjacent to an activating group) is 1. The number of hydrogen-bond acceptors (Lipinski definition) is 7. The molecule has 2 fully saturated rings. The van der Waals surface area contributed by atoms with Gasteiger partial charge in [0.1, 0.15) is 24.1 Å². The van der Waals surface area contributed by atoms with Gasteiger partial charge in [0.05, 0.1) is 11.5 Å². The Morgan fingerprint density at radius 3 is 2.90 bits per heavy atom. The third-order valence-corrected chi connectivity index (χ3v) is 5.85. The summed E-state index contributed by atoms with van der Waals surface area (Å²) < 4.78 is 34.0. The molecule has 0 spiro atoms. The third kappa shape index (κ3) is 4.36. The van der Waals surface area contributed by atoms with Crippen molar-refractivity contribution in [3.63, 3.8) is 0 Å². The Hall–Kier alpha value is -1.84.